The lowest BCUT2D eigenvalue weighted by Crippen LogP contribution is -2.49. The van der Waals surface area contributed by atoms with Crippen LogP contribution in [0, 0.1) is 29.1 Å². The molecule has 2 aliphatic carbocycles. The fourth-order valence-corrected chi connectivity index (χ4v) is 18.0. The van der Waals surface area contributed by atoms with Crippen molar-refractivity contribution in [2.75, 3.05) is 174 Å². The minimum Gasteiger partial charge on any atom is -0.379 e. The lowest BCUT2D eigenvalue weighted by molar-refractivity contribution is -0.140. The van der Waals surface area contributed by atoms with Gasteiger partial charge in [0.1, 0.15) is 6.54 Å². The van der Waals surface area contributed by atoms with E-state index in [1.54, 1.807) is 11.9 Å². The molecule has 8 amide bonds. The zero-order chi connectivity index (χ0) is 92.2. The van der Waals surface area contributed by atoms with Gasteiger partial charge in [-0.1, -0.05) is 136 Å². The number of ether oxygens (including phenoxy) is 2. The van der Waals surface area contributed by atoms with E-state index in [2.05, 4.69) is 177 Å². The van der Waals surface area contributed by atoms with E-state index in [1.165, 1.54) is 48.8 Å². The van der Waals surface area contributed by atoms with Crippen molar-refractivity contribution in [3.05, 3.63) is 71.3 Å². The van der Waals surface area contributed by atoms with Crippen LogP contribution in [0.3, 0.4) is 0 Å². The van der Waals surface area contributed by atoms with Crippen molar-refractivity contribution in [3.63, 3.8) is 0 Å². The second kappa shape index (κ2) is 58.3. The summed E-state index contributed by atoms with van der Waals surface area (Å²) in [5, 5.41) is 23.4. The second-order valence-electron chi connectivity index (χ2n) is 38.6. The van der Waals surface area contributed by atoms with Gasteiger partial charge in [0.05, 0.1) is 68.2 Å². The van der Waals surface area contributed by atoms with Crippen LogP contribution in [0.4, 0.5) is 13.2 Å². The number of nitrogens with one attached hydrogen (secondary N) is 8. The van der Waals surface area contributed by atoms with Gasteiger partial charge in [0.15, 0.2) is 0 Å². The van der Waals surface area contributed by atoms with Crippen molar-refractivity contribution in [1.82, 2.24) is 81.7 Å². The highest BCUT2D eigenvalue weighted by Gasteiger charge is 2.37. The smallest absolute Gasteiger partial charge is 0.379 e. The number of amides is 8. The first kappa shape index (κ1) is 109. The minimum absolute atomic E-state index is 0.0541. The Hall–Kier alpha value is -6.41. The molecule has 10 aliphatic rings. The van der Waals surface area contributed by atoms with E-state index in [0.29, 0.717) is 69.2 Å². The van der Waals surface area contributed by atoms with Crippen LogP contribution in [0.2, 0.25) is 0 Å². The number of fused-ring (bicyclic) bond motifs is 1. The third-order valence-corrected chi connectivity index (χ3v) is 25.6. The van der Waals surface area contributed by atoms with E-state index in [1.807, 2.05) is 72.7 Å². The Labute approximate surface area is 751 Å². The summed E-state index contributed by atoms with van der Waals surface area (Å²) in [6.07, 6.45) is 21.7. The minimum atomic E-state index is -4.33. The topological polar surface area (TPSA) is 277 Å². The largest absolute Gasteiger partial charge is 0.405 e. The molecule has 9 fully saturated rings. The number of halogens is 3. The first-order chi connectivity index (χ1) is 59.4. The van der Waals surface area contributed by atoms with Crippen LogP contribution in [-0.2, 0) is 67.1 Å². The SMILES string of the molecule is CC(C)C(NC(=O)[C@@H]1CCCN1C)C(C)C.CC(C)CNC(=O)[C@@H]1CCCN1C.CCOCCOCCNC(=O)[C@@H]1CCCN1C.CN1CCC[C@H]1C(=O)NC1Cc2ccccc2C1.CN1CCC[C@H]1C(=O)NCC(C)(C)C.CN1CCC[C@H]1C(=O)NCC(F)(F)F.CN1CCC[C@H]1C(=O)NCC1CCCCC1.CN1CCC[C@H]1C(=O)NCCc1ccccc1. The van der Waals surface area contributed by atoms with Gasteiger partial charge in [0, 0.05) is 51.4 Å². The monoisotopic (exact) mass is 1760 g/mol. The van der Waals surface area contributed by atoms with Crippen LogP contribution in [0.15, 0.2) is 54.6 Å². The lowest BCUT2D eigenvalue weighted by atomic mass is 9.89. The number of carbonyl (C=O) groups excluding carboxylic acids is 8. The summed E-state index contributed by atoms with van der Waals surface area (Å²) in [6, 6.07) is 19.6. The molecule has 8 saturated heterocycles. The van der Waals surface area contributed by atoms with E-state index in [0.717, 1.165) is 200 Å². The van der Waals surface area contributed by atoms with Crippen molar-refractivity contribution in [2.24, 2.45) is 29.1 Å². The molecule has 29 heteroatoms. The Morgan fingerprint density at radius 3 is 1.10 bits per heavy atom. The highest BCUT2D eigenvalue weighted by molar-refractivity contribution is 5.85. The van der Waals surface area contributed by atoms with E-state index >= 15 is 0 Å². The molecule has 0 radical (unpaired) electrons. The van der Waals surface area contributed by atoms with Gasteiger partial charge < -0.3 is 52.0 Å². The number of carbonyl (C=O) groups is 8. The van der Waals surface area contributed by atoms with Gasteiger partial charge in [0.2, 0.25) is 47.3 Å². The molecule has 8 N–H and O–H groups in total. The maximum atomic E-state index is 12.2. The molecule has 0 aromatic heterocycles. The summed E-state index contributed by atoms with van der Waals surface area (Å²) in [7, 11) is 15.9. The summed E-state index contributed by atoms with van der Waals surface area (Å²) in [5.41, 5.74) is 4.23. The van der Waals surface area contributed by atoms with Crippen LogP contribution in [0.5, 0.6) is 0 Å². The Morgan fingerprint density at radius 1 is 0.392 bits per heavy atom. The highest BCUT2D eigenvalue weighted by Crippen LogP contribution is 2.27. The summed E-state index contributed by atoms with van der Waals surface area (Å²) in [4.78, 5) is 111. The van der Waals surface area contributed by atoms with Crippen molar-refractivity contribution in [1.29, 1.82) is 0 Å². The summed E-state index contributed by atoms with van der Waals surface area (Å²) >= 11 is 0. The number of benzene rings is 2. The van der Waals surface area contributed by atoms with E-state index < -0.39 is 24.7 Å². The first-order valence-corrected chi connectivity index (χ1v) is 47.6. The Bertz CT molecular complexity index is 3350. The average molecular weight is 1760 g/mol. The van der Waals surface area contributed by atoms with Crippen molar-refractivity contribution >= 4 is 47.3 Å². The Balaban J connectivity index is 0.000000254. The van der Waals surface area contributed by atoms with Crippen LogP contribution < -0.4 is 42.5 Å². The van der Waals surface area contributed by atoms with Crippen molar-refractivity contribution in [3.8, 4) is 0 Å². The molecule has 26 nitrogen and oxygen atoms in total. The molecule has 2 aromatic carbocycles. The fourth-order valence-electron chi connectivity index (χ4n) is 18.0. The van der Waals surface area contributed by atoms with E-state index in [9.17, 15) is 51.5 Å². The van der Waals surface area contributed by atoms with Gasteiger partial charge in [-0.2, -0.15) is 13.2 Å². The van der Waals surface area contributed by atoms with Crippen LogP contribution in [-0.4, -0.2) is 327 Å². The quantitative estimate of drug-likeness (QED) is 0.0368. The molecule has 0 spiro atoms. The Kier molecular flexibility index (Phi) is 50.9. The molecule has 1 saturated carbocycles. The van der Waals surface area contributed by atoms with Crippen LogP contribution in [0.25, 0.3) is 0 Å². The Morgan fingerprint density at radius 2 is 0.736 bits per heavy atom. The summed E-state index contributed by atoms with van der Waals surface area (Å²) in [5.74, 6) is 3.13. The molecule has 8 atom stereocenters. The van der Waals surface area contributed by atoms with E-state index in [-0.39, 0.29) is 89.1 Å². The normalized spacial score (nSPS) is 23.4. The number of hydrogen-bond donors (Lipinski definition) is 8. The highest BCUT2D eigenvalue weighted by atomic mass is 19.4. The summed E-state index contributed by atoms with van der Waals surface area (Å²) < 4.78 is 45.8. The van der Waals surface area contributed by atoms with Crippen molar-refractivity contribution < 1.29 is 61.0 Å². The molecule has 12 rings (SSSR count). The second-order valence-corrected chi connectivity index (χ2v) is 38.6. The zero-order valence-electron chi connectivity index (χ0n) is 80.3. The average Bonchev–Trinajstić information content (AvgIpc) is 1.55. The van der Waals surface area contributed by atoms with Gasteiger partial charge in [-0.05, 0) is 296 Å². The van der Waals surface area contributed by atoms with Crippen LogP contribution >= 0.6 is 0 Å². The van der Waals surface area contributed by atoms with Crippen molar-refractivity contribution in [2.45, 2.75) is 290 Å². The number of likely N-dealkylation sites (N-methyl/N-ethyl adjacent to an activating group) is 8. The lowest BCUT2D eigenvalue weighted by Gasteiger charge is -2.29. The molecule has 125 heavy (non-hydrogen) atoms. The maximum Gasteiger partial charge on any atom is 0.405 e. The van der Waals surface area contributed by atoms with Gasteiger partial charge in [-0.15, -0.1) is 0 Å². The predicted molar refractivity (Wildman–Crippen MR) is 495 cm³/mol. The molecule has 0 unspecified atom stereocenters. The summed E-state index contributed by atoms with van der Waals surface area (Å²) in [6.45, 7) is 34.3. The standard InChI is InChI=1S/C15H20N2O.C14H20N2O.C13H24N2O.C13H26N2O.C12H24N2O3.C11H22N2O.C10H20N2O.C8H13F3N2O/c1-17-8-4-7-14(17)15(18)16-13-9-11-5-2-3-6-12(11)10-13;1-16-11-5-8-13(16)14(17)15-10-9-12-6-3-2-4-7-12;1-15-9-5-8-12(15)13(16)14-10-11-6-3-2-4-7-11;1-9(2)12(10(3)4)14-13(16)11-7-6-8-15(11)5;1-3-16-9-10-17-8-6-13-12(15)11-5-4-7-14(11)2;1-11(2,3)8-12-10(14)9-6-5-7-13(9)4;1-8(2)7-11-10(13)9-5-4-6-12(9)3;1-13-4-2-3-6(13)7(14)12-5-8(9,10)11/h2-3,5-6,13-14H,4,7-10H2,1H3,(H,16,18);2-4,6-7,13H,5,8-11H2,1H3,(H,15,17);11-12H,2-10H2,1H3,(H,14,16);9-12H,6-8H2,1-5H3,(H,14,16);11H,3-10H2,1-2H3,(H,13,15);9H,5-8H2,1-4H3,(H,12,14);8-9H,4-7H2,1-3H3,(H,11,13);6H,2-5H2,1H3,(H,12,14)/t14-;13-;12-;2*11-;2*9-;6-/m00000000/s1. The molecular weight excluding hydrogens is 1590 g/mol. The van der Waals surface area contributed by atoms with Gasteiger partial charge >= 0.3 is 6.18 Å². The molecule has 0 bridgehead atoms. The molecule has 2 aromatic rings. The third kappa shape index (κ3) is 41.9. The predicted octanol–water partition coefficient (Wildman–Crippen LogP) is 9.56. The van der Waals surface area contributed by atoms with Gasteiger partial charge in [0.25, 0.3) is 0 Å². The van der Waals surface area contributed by atoms with Crippen LogP contribution in [0.1, 0.15) is 221 Å². The van der Waals surface area contributed by atoms with Gasteiger partial charge in [-0.25, -0.2) is 0 Å². The third-order valence-electron chi connectivity index (χ3n) is 25.6. The molecular formula is C96H169F3N16O10. The number of rotatable bonds is 28. The maximum absolute atomic E-state index is 12.2. The number of nitrogens with zero attached hydrogens (tertiary/aromatic N) is 8. The van der Waals surface area contributed by atoms with Gasteiger partial charge in [-0.3, -0.25) is 77.6 Å². The molecule has 714 valence electrons. The molecule has 8 aliphatic heterocycles. The zero-order valence-corrected chi connectivity index (χ0v) is 80.3. The molecule has 8 heterocycles. The number of alkyl halides is 3. The fraction of sp³-hybridized carbons (Fsp3) is 0.792. The van der Waals surface area contributed by atoms with E-state index in [4.69, 9.17) is 9.47 Å². The number of likely N-dealkylation sites (tertiary alicyclic amines) is 8. The first-order valence-electron chi connectivity index (χ1n) is 47.6. The number of hydrogen-bond acceptors (Lipinski definition) is 18.